The van der Waals surface area contributed by atoms with E-state index < -0.39 is 23.5 Å². The Balaban J connectivity index is 1.54. The van der Waals surface area contributed by atoms with Crippen molar-refractivity contribution in [1.82, 2.24) is 0 Å². The number of benzene rings is 2. The van der Waals surface area contributed by atoms with Crippen molar-refractivity contribution in [2.75, 3.05) is 10.9 Å². The Morgan fingerprint density at radius 1 is 0.649 bits per heavy atom. The SMILES string of the molecule is O=C(O)C1=CC(=NNc2ccccc2Sc2ccccc2NN=C2C=CC(=O)C(C(=O)O)=C2)C=CC1=O. The molecule has 0 bridgehead atoms. The topological polar surface area (TPSA) is 158 Å². The Kier molecular flexibility index (Phi) is 7.55. The normalized spacial score (nSPS) is 17.0. The molecule has 0 radical (unpaired) electrons. The number of carboxylic acids is 2. The number of rotatable bonds is 8. The Morgan fingerprint density at radius 2 is 1.05 bits per heavy atom. The number of para-hydroxylation sites is 2. The summed E-state index contributed by atoms with van der Waals surface area (Å²) in [5, 5.41) is 26.7. The van der Waals surface area contributed by atoms with Crippen LogP contribution in [0.3, 0.4) is 0 Å². The lowest BCUT2D eigenvalue weighted by molar-refractivity contribution is -0.135. The standard InChI is InChI=1S/C26H18N4O6S/c31-21-11-9-15(13-17(21)25(33)34)27-29-19-5-1-3-7-23(19)37-24-8-4-2-6-20(24)30-28-16-10-12-22(32)18(14-16)26(35)36/h1-14,29-30H,(H,33,34)(H,35,36). The molecule has 184 valence electrons. The summed E-state index contributed by atoms with van der Waals surface area (Å²) < 4.78 is 0. The summed E-state index contributed by atoms with van der Waals surface area (Å²) in [4.78, 5) is 47.4. The van der Waals surface area contributed by atoms with Gasteiger partial charge < -0.3 is 10.2 Å². The lowest BCUT2D eigenvalue weighted by Crippen LogP contribution is -2.16. The molecule has 0 aromatic heterocycles. The monoisotopic (exact) mass is 514 g/mol. The van der Waals surface area contributed by atoms with Crippen LogP contribution in [-0.2, 0) is 19.2 Å². The molecule has 0 amide bonds. The maximum atomic E-state index is 11.7. The zero-order valence-electron chi connectivity index (χ0n) is 18.9. The predicted octanol–water partition coefficient (Wildman–Crippen LogP) is 3.67. The van der Waals surface area contributed by atoms with E-state index in [9.17, 15) is 19.2 Å². The molecule has 0 atom stereocenters. The van der Waals surface area contributed by atoms with Gasteiger partial charge in [0.1, 0.15) is 11.1 Å². The molecule has 11 heteroatoms. The van der Waals surface area contributed by atoms with E-state index in [2.05, 4.69) is 21.1 Å². The van der Waals surface area contributed by atoms with Crippen molar-refractivity contribution in [3.8, 4) is 0 Å². The Morgan fingerprint density at radius 3 is 1.46 bits per heavy atom. The third-order valence-corrected chi connectivity index (χ3v) is 6.14. The molecule has 10 nitrogen and oxygen atoms in total. The van der Waals surface area contributed by atoms with Crippen LogP contribution in [0.15, 0.2) is 116 Å². The summed E-state index contributed by atoms with van der Waals surface area (Å²) in [5.74, 6) is -3.84. The fourth-order valence-corrected chi connectivity index (χ4v) is 4.15. The predicted molar refractivity (Wildman–Crippen MR) is 139 cm³/mol. The van der Waals surface area contributed by atoms with Gasteiger partial charge >= 0.3 is 11.9 Å². The molecule has 0 unspecified atom stereocenters. The Labute approximate surface area is 214 Å². The van der Waals surface area contributed by atoms with Gasteiger partial charge in [0.2, 0.25) is 0 Å². The molecule has 0 saturated heterocycles. The number of aliphatic carboxylic acids is 2. The number of nitrogens with zero attached hydrogens (tertiary/aromatic N) is 2. The van der Waals surface area contributed by atoms with Gasteiger partial charge in [0, 0.05) is 9.79 Å². The third-order valence-electron chi connectivity index (χ3n) is 4.99. The molecular formula is C26H18N4O6S. The minimum Gasteiger partial charge on any atom is -0.478 e. The molecule has 0 heterocycles. The first-order valence-electron chi connectivity index (χ1n) is 10.7. The molecule has 2 aliphatic carbocycles. The highest BCUT2D eigenvalue weighted by atomic mass is 32.2. The lowest BCUT2D eigenvalue weighted by atomic mass is 10.0. The van der Waals surface area contributed by atoms with Crippen LogP contribution < -0.4 is 10.9 Å². The first kappa shape index (κ1) is 25.1. The van der Waals surface area contributed by atoms with Crippen LogP contribution in [0.2, 0.25) is 0 Å². The second-order valence-electron chi connectivity index (χ2n) is 7.51. The van der Waals surface area contributed by atoms with Gasteiger partial charge in [0.25, 0.3) is 0 Å². The second-order valence-corrected chi connectivity index (χ2v) is 8.60. The highest BCUT2D eigenvalue weighted by molar-refractivity contribution is 7.99. The van der Waals surface area contributed by atoms with Crippen molar-refractivity contribution < 1.29 is 29.4 Å². The van der Waals surface area contributed by atoms with Gasteiger partial charge in [-0.05, 0) is 60.7 Å². The fraction of sp³-hybridized carbons (Fsp3) is 0. The van der Waals surface area contributed by atoms with Gasteiger partial charge in [-0.15, -0.1) is 0 Å². The average molecular weight is 515 g/mol. The van der Waals surface area contributed by atoms with Crippen LogP contribution in [0.4, 0.5) is 11.4 Å². The van der Waals surface area contributed by atoms with Crippen LogP contribution in [-0.4, -0.2) is 45.1 Å². The number of anilines is 2. The minimum atomic E-state index is -1.32. The zero-order valence-corrected chi connectivity index (χ0v) is 19.7. The molecule has 2 aromatic carbocycles. The smallest absolute Gasteiger partial charge is 0.339 e. The zero-order chi connectivity index (χ0) is 26.4. The van der Waals surface area contributed by atoms with Crippen molar-refractivity contribution in [2.24, 2.45) is 10.2 Å². The van der Waals surface area contributed by atoms with Crippen molar-refractivity contribution in [3.05, 3.63) is 96.1 Å². The summed E-state index contributed by atoms with van der Waals surface area (Å²) in [6.45, 7) is 0. The molecule has 4 rings (SSSR count). The first-order valence-corrected chi connectivity index (χ1v) is 11.5. The first-order chi connectivity index (χ1) is 17.8. The minimum absolute atomic E-state index is 0.280. The number of hydrogen-bond acceptors (Lipinski definition) is 9. The lowest BCUT2D eigenvalue weighted by Gasteiger charge is -2.13. The average Bonchev–Trinajstić information content (AvgIpc) is 2.89. The maximum absolute atomic E-state index is 11.7. The summed E-state index contributed by atoms with van der Waals surface area (Å²) in [5.41, 5.74) is 6.94. The number of carbonyl (C=O) groups is 4. The van der Waals surface area contributed by atoms with E-state index in [0.717, 1.165) is 21.9 Å². The summed E-state index contributed by atoms with van der Waals surface area (Å²) >= 11 is 1.40. The van der Waals surface area contributed by atoms with Gasteiger partial charge in [-0.25, -0.2) is 9.59 Å². The van der Waals surface area contributed by atoms with E-state index in [1.807, 2.05) is 36.4 Å². The van der Waals surface area contributed by atoms with E-state index in [4.69, 9.17) is 10.2 Å². The summed E-state index contributed by atoms with van der Waals surface area (Å²) in [7, 11) is 0. The van der Waals surface area contributed by atoms with Crippen molar-refractivity contribution in [3.63, 3.8) is 0 Å². The number of hydrogen-bond donors (Lipinski definition) is 4. The van der Waals surface area contributed by atoms with Gasteiger partial charge in [-0.1, -0.05) is 36.0 Å². The molecule has 0 fully saturated rings. The molecule has 0 aliphatic heterocycles. The molecule has 0 spiro atoms. The van der Waals surface area contributed by atoms with Crippen LogP contribution >= 0.6 is 11.8 Å². The van der Waals surface area contributed by atoms with Crippen LogP contribution in [0.1, 0.15) is 0 Å². The Hall–Kier alpha value is -5.03. The number of carboxylic acid groups (broad SMARTS) is 2. The van der Waals surface area contributed by atoms with Crippen LogP contribution in [0.25, 0.3) is 0 Å². The van der Waals surface area contributed by atoms with E-state index in [1.54, 1.807) is 12.1 Å². The number of allylic oxidation sites excluding steroid dienone is 6. The molecule has 4 N–H and O–H groups in total. The van der Waals surface area contributed by atoms with Crippen molar-refractivity contribution in [1.29, 1.82) is 0 Å². The quantitative estimate of drug-likeness (QED) is 0.234. The second kappa shape index (κ2) is 11.1. The van der Waals surface area contributed by atoms with Crippen LogP contribution in [0.5, 0.6) is 0 Å². The van der Waals surface area contributed by atoms with Crippen molar-refractivity contribution >= 4 is 58.1 Å². The van der Waals surface area contributed by atoms with E-state index in [-0.39, 0.29) is 22.6 Å². The van der Waals surface area contributed by atoms with Gasteiger partial charge in [-0.3, -0.25) is 20.4 Å². The van der Waals surface area contributed by atoms with Crippen LogP contribution in [0, 0.1) is 0 Å². The van der Waals surface area contributed by atoms with Gasteiger partial charge in [0.15, 0.2) is 11.6 Å². The summed E-state index contributed by atoms with van der Waals surface area (Å²) in [6.07, 6.45) is 7.55. The van der Waals surface area contributed by atoms with Gasteiger partial charge in [-0.2, -0.15) is 10.2 Å². The highest BCUT2D eigenvalue weighted by Gasteiger charge is 2.20. The highest BCUT2D eigenvalue weighted by Crippen LogP contribution is 2.37. The Bertz CT molecular complexity index is 1390. The summed E-state index contributed by atoms with van der Waals surface area (Å²) in [6, 6.07) is 14.6. The molecule has 2 aromatic rings. The van der Waals surface area contributed by atoms with E-state index in [0.29, 0.717) is 11.4 Å². The largest absolute Gasteiger partial charge is 0.478 e. The molecule has 0 saturated carbocycles. The third kappa shape index (κ3) is 6.16. The molecule has 37 heavy (non-hydrogen) atoms. The number of nitrogens with one attached hydrogen (secondary N) is 2. The number of carbonyl (C=O) groups excluding carboxylic acids is 2. The molecule has 2 aliphatic rings. The van der Waals surface area contributed by atoms with Gasteiger partial charge in [0.05, 0.1) is 22.8 Å². The fourth-order valence-electron chi connectivity index (χ4n) is 3.17. The van der Waals surface area contributed by atoms with E-state index in [1.165, 1.54) is 36.1 Å². The van der Waals surface area contributed by atoms with Crippen molar-refractivity contribution in [2.45, 2.75) is 9.79 Å². The maximum Gasteiger partial charge on any atom is 0.339 e. The molecular weight excluding hydrogens is 496 g/mol. The number of hydrazone groups is 2. The number of ketones is 2. The van der Waals surface area contributed by atoms with E-state index >= 15 is 0 Å².